The third-order valence-electron chi connectivity index (χ3n) is 3.33. The number of hydrogen-bond acceptors (Lipinski definition) is 3. The Bertz CT molecular complexity index is 333. The first-order valence-corrected chi connectivity index (χ1v) is 8.03. The summed E-state index contributed by atoms with van der Waals surface area (Å²) in [7, 11) is -3.05. The molecule has 0 spiro atoms. The van der Waals surface area contributed by atoms with Crippen LogP contribution in [0.3, 0.4) is 0 Å². The van der Waals surface area contributed by atoms with Crippen molar-refractivity contribution in [2.75, 3.05) is 25.4 Å². The number of sulfonamides is 1. The fourth-order valence-corrected chi connectivity index (χ4v) is 4.04. The van der Waals surface area contributed by atoms with Gasteiger partial charge in [0.25, 0.3) is 0 Å². The molecule has 1 rings (SSSR count). The number of rotatable bonds is 5. The van der Waals surface area contributed by atoms with Gasteiger partial charge in [-0.15, -0.1) is 0 Å². The van der Waals surface area contributed by atoms with Crippen LogP contribution in [-0.2, 0) is 10.0 Å². The van der Waals surface area contributed by atoms with Crippen molar-refractivity contribution in [3.8, 4) is 0 Å². The molecule has 0 aromatic carbocycles. The third-order valence-corrected chi connectivity index (χ3v) is 5.17. The van der Waals surface area contributed by atoms with E-state index in [1.54, 1.807) is 4.31 Å². The van der Waals surface area contributed by atoms with E-state index in [2.05, 4.69) is 20.8 Å². The lowest BCUT2D eigenvalue weighted by atomic mass is 9.94. The predicted molar refractivity (Wildman–Crippen MR) is 71.2 cm³/mol. The second-order valence-corrected chi connectivity index (χ2v) is 8.31. The molecule has 1 saturated heterocycles. The fourth-order valence-electron chi connectivity index (χ4n) is 2.09. The summed E-state index contributed by atoms with van der Waals surface area (Å²) >= 11 is 0. The van der Waals surface area contributed by atoms with Gasteiger partial charge < -0.3 is 5.73 Å². The van der Waals surface area contributed by atoms with Gasteiger partial charge in [-0.2, -0.15) is 0 Å². The van der Waals surface area contributed by atoms with Gasteiger partial charge in [0.2, 0.25) is 10.0 Å². The van der Waals surface area contributed by atoms with Gasteiger partial charge in [0.1, 0.15) is 0 Å². The van der Waals surface area contributed by atoms with E-state index in [0.717, 1.165) is 12.8 Å². The maximum Gasteiger partial charge on any atom is 0.214 e. The first-order chi connectivity index (χ1) is 7.74. The normalized spacial score (nSPS) is 23.2. The Morgan fingerprint density at radius 1 is 1.35 bits per heavy atom. The smallest absolute Gasteiger partial charge is 0.214 e. The highest BCUT2D eigenvalue weighted by atomic mass is 32.2. The van der Waals surface area contributed by atoms with Gasteiger partial charge in [-0.1, -0.05) is 20.8 Å². The number of nitrogens with two attached hydrogens (primary N) is 1. The fraction of sp³-hybridized carbons (Fsp3) is 1.00. The van der Waals surface area contributed by atoms with Crippen molar-refractivity contribution in [3.63, 3.8) is 0 Å². The molecule has 0 amide bonds. The van der Waals surface area contributed by atoms with E-state index in [0.29, 0.717) is 32.0 Å². The summed E-state index contributed by atoms with van der Waals surface area (Å²) in [4.78, 5) is 0. The lowest BCUT2D eigenvalue weighted by Gasteiger charge is -2.21. The molecule has 1 aliphatic heterocycles. The predicted octanol–water partition coefficient (Wildman–Crippen LogP) is 1.42. The highest BCUT2D eigenvalue weighted by Crippen LogP contribution is 2.25. The summed E-state index contributed by atoms with van der Waals surface area (Å²) in [5, 5.41) is 0. The standard InChI is InChI=1S/C12H26N2O2S/c1-12(2,3)6-9-17(15,16)14-8-5-11(10-14)4-7-13/h11H,4-10,13H2,1-3H3. The quantitative estimate of drug-likeness (QED) is 0.815. The minimum absolute atomic E-state index is 0.0729. The molecule has 0 aromatic rings. The molecule has 1 fully saturated rings. The SMILES string of the molecule is CC(C)(C)CCS(=O)(=O)N1CCC(CCN)C1. The third kappa shape index (κ3) is 4.94. The Labute approximate surface area is 106 Å². The van der Waals surface area contributed by atoms with Crippen molar-refractivity contribution in [1.82, 2.24) is 4.31 Å². The zero-order valence-electron chi connectivity index (χ0n) is 11.3. The first kappa shape index (κ1) is 14.9. The van der Waals surface area contributed by atoms with Crippen molar-refractivity contribution in [2.24, 2.45) is 17.1 Å². The lowest BCUT2D eigenvalue weighted by molar-refractivity contribution is 0.387. The molecule has 4 nitrogen and oxygen atoms in total. The molecule has 1 heterocycles. The molecular weight excluding hydrogens is 236 g/mol. The number of nitrogens with zero attached hydrogens (tertiary/aromatic N) is 1. The second-order valence-electron chi connectivity index (χ2n) is 6.22. The van der Waals surface area contributed by atoms with Crippen LogP contribution < -0.4 is 5.73 Å². The van der Waals surface area contributed by atoms with E-state index in [4.69, 9.17) is 5.73 Å². The Morgan fingerprint density at radius 3 is 2.53 bits per heavy atom. The van der Waals surface area contributed by atoms with Gasteiger partial charge >= 0.3 is 0 Å². The molecule has 1 atom stereocenters. The zero-order chi connectivity index (χ0) is 13.1. The van der Waals surface area contributed by atoms with Crippen molar-refractivity contribution in [3.05, 3.63) is 0 Å². The van der Waals surface area contributed by atoms with Gasteiger partial charge in [0.15, 0.2) is 0 Å². The van der Waals surface area contributed by atoms with Gasteiger partial charge in [-0.25, -0.2) is 12.7 Å². The Kier molecular flexibility index (Phi) is 4.98. The van der Waals surface area contributed by atoms with Gasteiger partial charge in [-0.3, -0.25) is 0 Å². The molecule has 1 unspecified atom stereocenters. The van der Waals surface area contributed by atoms with Crippen LogP contribution in [0.2, 0.25) is 0 Å². The topological polar surface area (TPSA) is 63.4 Å². The van der Waals surface area contributed by atoms with Crippen LogP contribution >= 0.6 is 0 Å². The monoisotopic (exact) mass is 262 g/mol. The highest BCUT2D eigenvalue weighted by Gasteiger charge is 2.31. The summed E-state index contributed by atoms with van der Waals surface area (Å²) in [6, 6.07) is 0. The van der Waals surface area contributed by atoms with Crippen molar-refractivity contribution in [2.45, 2.75) is 40.0 Å². The Morgan fingerprint density at radius 2 is 2.00 bits per heavy atom. The van der Waals surface area contributed by atoms with Gasteiger partial charge in [-0.05, 0) is 37.1 Å². The molecule has 0 saturated carbocycles. The summed E-state index contributed by atoms with van der Waals surface area (Å²) in [6.45, 7) is 8.22. The van der Waals surface area contributed by atoms with Crippen LogP contribution in [0.15, 0.2) is 0 Å². The molecule has 17 heavy (non-hydrogen) atoms. The molecule has 5 heteroatoms. The van der Waals surface area contributed by atoms with Crippen LogP contribution in [0.4, 0.5) is 0 Å². The van der Waals surface area contributed by atoms with E-state index in [9.17, 15) is 8.42 Å². The molecule has 0 bridgehead atoms. The summed E-state index contributed by atoms with van der Waals surface area (Å²) < 4.78 is 25.9. The Hall–Kier alpha value is -0.130. The molecule has 2 N–H and O–H groups in total. The summed E-state index contributed by atoms with van der Waals surface area (Å²) in [5.74, 6) is 0.732. The highest BCUT2D eigenvalue weighted by molar-refractivity contribution is 7.89. The molecule has 1 aliphatic rings. The minimum Gasteiger partial charge on any atom is -0.330 e. The molecule has 0 aliphatic carbocycles. The maximum atomic E-state index is 12.1. The average molecular weight is 262 g/mol. The average Bonchev–Trinajstić information content (AvgIpc) is 2.64. The lowest BCUT2D eigenvalue weighted by Crippen LogP contribution is -2.32. The molecular formula is C12H26N2O2S. The van der Waals surface area contributed by atoms with E-state index >= 15 is 0 Å². The van der Waals surface area contributed by atoms with Crippen molar-refractivity contribution >= 4 is 10.0 Å². The van der Waals surface area contributed by atoms with E-state index in [-0.39, 0.29) is 11.2 Å². The minimum atomic E-state index is -3.05. The van der Waals surface area contributed by atoms with Crippen LogP contribution in [0, 0.1) is 11.3 Å². The summed E-state index contributed by atoms with van der Waals surface area (Å²) in [5.41, 5.74) is 5.58. The Balaban J connectivity index is 2.49. The largest absolute Gasteiger partial charge is 0.330 e. The first-order valence-electron chi connectivity index (χ1n) is 6.42. The van der Waals surface area contributed by atoms with E-state index in [1.807, 2.05) is 0 Å². The van der Waals surface area contributed by atoms with Gasteiger partial charge in [0.05, 0.1) is 5.75 Å². The summed E-state index contributed by atoms with van der Waals surface area (Å²) in [6.07, 6.45) is 2.62. The number of hydrogen-bond donors (Lipinski definition) is 1. The van der Waals surface area contributed by atoms with Crippen LogP contribution in [-0.4, -0.2) is 38.1 Å². The van der Waals surface area contributed by atoms with Crippen LogP contribution in [0.1, 0.15) is 40.0 Å². The van der Waals surface area contributed by atoms with Crippen LogP contribution in [0.5, 0.6) is 0 Å². The zero-order valence-corrected chi connectivity index (χ0v) is 12.1. The molecule has 102 valence electrons. The van der Waals surface area contributed by atoms with Crippen molar-refractivity contribution in [1.29, 1.82) is 0 Å². The van der Waals surface area contributed by atoms with Crippen molar-refractivity contribution < 1.29 is 8.42 Å². The molecule has 0 radical (unpaired) electrons. The second kappa shape index (κ2) is 5.67. The van der Waals surface area contributed by atoms with E-state index in [1.165, 1.54) is 0 Å². The van der Waals surface area contributed by atoms with Crippen LogP contribution in [0.25, 0.3) is 0 Å². The van der Waals surface area contributed by atoms with E-state index < -0.39 is 10.0 Å². The molecule has 0 aromatic heterocycles. The maximum absolute atomic E-state index is 12.1. The van der Waals surface area contributed by atoms with Gasteiger partial charge in [0, 0.05) is 13.1 Å².